The normalized spacial score (nSPS) is 24.4. The second-order valence-electron chi connectivity index (χ2n) is 5.50. The second-order valence-corrected chi connectivity index (χ2v) is 5.50. The van der Waals surface area contributed by atoms with Gasteiger partial charge in [-0.05, 0) is 47.0 Å². The Kier molecular flexibility index (Phi) is 3.12. The molecule has 1 fully saturated rings. The summed E-state index contributed by atoms with van der Waals surface area (Å²) in [6.07, 6.45) is 6.38. The van der Waals surface area contributed by atoms with Crippen LogP contribution in [-0.4, -0.2) is 27.1 Å². The molecular weight excluding hydrogens is 190 g/mol. The smallest absolute Gasteiger partial charge is 0.329 e. The molecule has 0 aromatic carbocycles. The van der Waals surface area contributed by atoms with E-state index in [-0.39, 0.29) is 11.1 Å². The van der Waals surface area contributed by atoms with Crippen molar-refractivity contribution in [2.45, 2.75) is 58.0 Å². The fourth-order valence-electron chi connectivity index (χ4n) is 2.56. The second kappa shape index (κ2) is 3.87. The van der Waals surface area contributed by atoms with Gasteiger partial charge in [0.1, 0.15) is 0 Å². The fraction of sp³-hybridized carbons (Fsp3) is 0.750. The summed E-state index contributed by atoms with van der Waals surface area (Å²) < 4.78 is 0. The predicted molar refractivity (Wildman–Crippen MR) is 60.6 cm³/mol. The summed E-state index contributed by atoms with van der Waals surface area (Å²) in [5, 5.41) is 8.67. The highest BCUT2D eigenvalue weighted by Crippen LogP contribution is 2.38. The van der Waals surface area contributed by atoms with E-state index in [1.54, 1.807) is 6.20 Å². The number of rotatable bonds is 2. The highest BCUT2D eigenvalue weighted by atomic mass is 16.4. The highest BCUT2D eigenvalue weighted by Gasteiger charge is 2.38. The zero-order chi connectivity index (χ0) is 11.7. The summed E-state index contributed by atoms with van der Waals surface area (Å²) in [5.41, 5.74) is 0.0986. The molecule has 0 radical (unpaired) electrons. The lowest BCUT2D eigenvalue weighted by atomic mass is 9.80. The molecule has 1 heterocycles. The van der Waals surface area contributed by atoms with Gasteiger partial charge < -0.3 is 10.0 Å². The van der Waals surface area contributed by atoms with Crippen LogP contribution in [0, 0.1) is 0 Å². The van der Waals surface area contributed by atoms with E-state index in [0.717, 1.165) is 12.8 Å². The molecule has 0 spiro atoms. The Morgan fingerprint density at radius 2 is 1.67 bits per heavy atom. The number of nitrogens with zero attached hydrogens (tertiary/aromatic N) is 1. The summed E-state index contributed by atoms with van der Waals surface area (Å²) in [6.45, 7) is 8.67. The van der Waals surface area contributed by atoms with Gasteiger partial charge in [0.15, 0.2) is 0 Å². The van der Waals surface area contributed by atoms with Crippen LogP contribution in [0.3, 0.4) is 0 Å². The summed E-state index contributed by atoms with van der Waals surface area (Å²) in [7, 11) is 0. The van der Waals surface area contributed by atoms with E-state index >= 15 is 0 Å². The molecule has 0 aliphatic carbocycles. The molecule has 1 aliphatic rings. The van der Waals surface area contributed by atoms with E-state index in [2.05, 4.69) is 32.6 Å². The van der Waals surface area contributed by atoms with Crippen molar-refractivity contribution >= 4 is 5.97 Å². The molecule has 3 heteroatoms. The van der Waals surface area contributed by atoms with Crippen LogP contribution in [0.1, 0.15) is 47.0 Å². The van der Waals surface area contributed by atoms with Crippen molar-refractivity contribution in [2.75, 3.05) is 0 Å². The number of likely N-dealkylation sites (tertiary alicyclic amines) is 1. The summed E-state index contributed by atoms with van der Waals surface area (Å²) in [6, 6.07) is 0. The van der Waals surface area contributed by atoms with Crippen LogP contribution >= 0.6 is 0 Å². The van der Waals surface area contributed by atoms with Gasteiger partial charge in [-0.3, -0.25) is 0 Å². The minimum Gasteiger partial charge on any atom is -0.478 e. The Morgan fingerprint density at radius 1 is 1.20 bits per heavy atom. The van der Waals surface area contributed by atoms with Gasteiger partial charge in [-0.25, -0.2) is 4.79 Å². The van der Waals surface area contributed by atoms with Gasteiger partial charge in [0.25, 0.3) is 0 Å². The number of carboxylic acid groups (broad SMARTS) is 1. The van der Waals surface area contributed by atoms with Gasteiger partial charge >= 0.3 is 5.97 Å². The number of hydrogen-bond acceptors (Lipinski definition) is 2. The quantitative estimate of drug-likeness (QED) is 0.714. The molecule has 0 atom stereocenters. The topological polar surface area (TPSA) is 40.5 Å². The molecule has 15 heavy (non-hydrogen) atoms. The van der Waals surface area contributed by atoms with Crippen molar-refractivity contribution < 1.29 is 9.90 Å². The number of piperidine rings is 1. The van der Waals surface area contributed by atoms with Crippen LogP contribution in [0.15, 0.2) is 12.3 Å². The average molecular weight is 211 g/mol. The maximum absolute atomic E-state index is 10.6. The Labute approximate surface area is 91.8 Å². The third-order valence-electron chi connectivity index (χ3n) is 3.25. The first kappa shape index (κ1) is 12.1. The fourth-order valence-corrected chi connectivity index (χ4v) is 2.56. The third-order valence-corrected chi connectivity index (χ3v) is 3.25. The first-order valence-electron chi connectivity index (χ1n) is 5.46. The zero-order valence-corrected chi connectivity index (χ0v) is 10.1. The lowest BCUT2D eigenvalue weighted by Gasteiger charge is -2.52. The standard InChI is InChI=1S/C12H21NO2/c1-11(2)7-5-8-12(3,4)13(11)9-6-10(14)15/h6,9H,5,7-8H2,1-4H3,(H,14,15). The maximum Gasteiger partial charge on any atom is 0.329 e. The molecule has 3 nitrogen and oxygen atoms in total. The number of carboxylic acids is 1. The Hall–Kier alpha value is -0.990. The van der Waals surface area contributed by atoms with Gasteiger partial charge in [0, 0.05) is 23.4 Å². The molecule has 0 bridgehead atoms. The first-order chi connectivity index (χ1) is 6.76. The van der Waals surface area contributed by atoms with Crippen molar-refractivity contribution in [3.8, 4) is 0 Å². The molecule has 0 saturated carbocycles. The van der Waals surface area contributed by atoms with Crippen molar-refractivity contribution in [3.63, 3.8) is 0 Å². The van der Waals surface area contributed by atoms with E-state index in [9.17, 15) is 4.79 Å². The van der Waals surface area contributed by atoms with E-state index in [1.165, 1.54) is 12.5 Å². The largest absolute Gasteiger partial charge is 0.478 e. The molecule has 0 unspecified atom stereocenters. The molecular formula is C12H21NO2. The predicted octanol–water partition coefficient (Wildman–Crippen LogP) is 2.63. The third kappa shape index (κ3) is 2.74. The van der Waals surface area contributed by atoms with Crippen LogP contribution in [0.4, 0.5) is 0 Å². The minimum atomic E-state index is -0.882. The molecule has 1 aliphatic heterocycles. The van der Waals surface area contributed by atoms with Crippen LogP contribution in [-0.2, 0) is 4.79 Å². The van der Waals surface area contributed by atoms with Gasteiger partial charge in [0.05, 0.1) is 0 Å². The van der Waals surface area contributed by atoms with Crippen LogP contribution in [0.25, 0.3) is 0 Å². The molecule has 0 amide bonds. The monoisotopic (exact) mass is 211 g/mol. The van der Waals surface area contributed by atoms with Crippen LogP contribution in [0.5, 0.6) is 0 Å². The average Bonchev–Trinajstić information content (AvgIpc) is 1.99. The van der Waals surface area contributed by atoms with Gasteiger partial charge in [-0.2, -0.15) is 0 Å². The van der Waals surface area contributed by atoms with Crippen LogP contribution in [0.2, 0.25) is 0 Å². The highest BCUT2D eigenvalue weighted by molar-refractivity contribution is 5.79. The van der Waals surface area contributed by atoms with Crippen molar-refractivity contribution in [2.24, 2.45) is 0 Å². The lowest BCUT2D eigenvalue weighted by molar-refractivity contribution is -0.131. The number of aliphatic carboxylic acids is 1. The number of hydrogen-bond donors (Lipinski definition) is 1. The van der Waals surface area contributed by atoms with Crippen molar-refractivity contribution in [1.82, 2.24) is 4.90 Å². The molecule has 86 valence electrons. The lowest BCUT2D eigenvalue weighted by Crippen LogP contribution is -2.55. The molecule has 1 saturated heterocycles. The Bertz CT molecular complexity index is 263. The first-order valence-corrected chi connectivity index (χ1v) is 5.46. The SMILES string of the molecule is CC1(C)CCCC(C)(C)N1C=CC(=O)O. The Balaban J connectivity index is 2.91. The number of carbonyl (C=O) groups is 1. The van der Waals surface area contributed by atoms with Gasteiger partial charge in [0.2, 0.25) is 0 Å². The van der Waals surface area contributed by atoms with Gasteiger partial charge in [-0.1, -0.05) is 0 Å². The summed E-state index contributed by atoms with van der Waals surface area (Å²) >= 11 is 0. The van der Waals surface area contributed by atoms with Crippen LogP contribution < -0.4 is 0 Å². The molecule has 0 aromatic heterocycles. The minimum absolute atomic E-state index is 0.0493. The summed E-state index contributed by atoms with van der Waals surface area (Å²) in [4.78, 5) is 12.7. The van der Waals surface area contributed by atoms with E-state index in [4.69, 9.17) is 5.11 Å². The molecule has 1 rings (SSSR count). The van der Waals surface area contributed by atoms with Crippen molar-refractivity contribution in [1.29, 1.82) is 0 Å². The van der Waals surface area contributed by atoms with Crippen molar-refractivity contribution in [3.05, 3.63) is 12.3 Å². The summed E-state index contributed by atoms with van der Waals surface area (Å²) in [5.74, 6) is -0.882. The molecule has 1 N–H and O–H groups in total. The Morgan fingerprint density at radius 3 is 2.07 bits per heavy atom. The van der Waals surface area contributed by atoms with E-state index in [1.807, 2.05) is 0 Å². The maximum atomic E-state index is 10.6. The van der Waals surface area contributed by atoms with E-state index < -0.39 is 5.97 Å². The van der Waals surface area contributed by atoms with E-state index in [0.29, 0.717) is 0 Å². The van der Waals surface area contributed by atoms with Gasteiger partial charge in [-0.15, -0.1) is 0 Å². The molecule has 0 aromatic rings. The zero-order valence-electron chi connectivity index (χ0n) is 10.1.